The topological polar surface area (TPSA) is 76.8 Å². The molecule has 0 saturated carbocycles. The first-order valence-corrected chi connectivity index (χ1v) is 7.25. The molecule has 3 N–H and O–H groups in total. The van der Waals surface area contributed by atoms with Crippen LogP contribution in [0.2, 0.25) is 0 Å². The van der Waals surface area contributed by atoms with Gasteiger partial charge in [0.2, 0.25) is 5.91 Å². The van der Waals surface area contributed by atoms with Gasteiger partial charge in [-0.15, -0.1) is 0 Å². The number of nitrogens with zero attached hydrogens (tertiary/aromatic N) is 1. The van der Waals surface area contributed by atoms with Crippen LogP contribution in [0.1, 0.15) is 12.8 Å². The number of nitrogen functional groups attached to an aromatic ring is 1. The van der Waals surface area contributed by atoms with E-state index in [0.29, 0.717) is 35.9 Å². The number of fused-ring (bicyclic) bond motifs is 2. The van der Waals surface area contributed by atoms with Crippen LogP contribution in [0, 0.1) is 0 Å². The standard InChI is InChI=1S/C15H21N3O3/c1-20-14-5-2-10(16)6-13(14)17-15(19)9-18-7-11-3-4-12(8-18)21-11/h2,5-6,11-12H,3-4,7-9,16H2,1H3,(H,17,19). The molecule has 2 saturated heterocycles. The lowest BCUT2D eigenvalue weighted by Gasteiger charge is -2.31. The summed E-state index contributed by atoms with van der Waals surface area (Å²) >= 11 is 0. The maximum Gasteiger partial charge on any atom is 0.238 e. The summed E-state index contributed by atoms with van der Waals surface area (Å²) in [6.45, 7) is 2.03. The molecule has 1 aromatic rings. The quantitative estimate of drug-likeness (QED) is 0.812. The number of hydrogen-bond donors (Lipinski definition) is 2. The molecule has 6 nitrogen and oxygen atoms in total. The van der Waals surface area contributed by atoms with E-state index in [9.17, 15) is 4.79 Å². The van der Waals surface area contributed by atoms with Crippen molar-refractivity contribution in [1.29, 1.82) is 0 Å². The third-order valence-electron chi connectivity index (χ3n) is 3.98. The zero-order chi connectivity index (χ0) is 14.8. The van der Waals surface area contributed by atoms with Gasteiger partial charge in [0.05, 0.1) is 31.5 Å². The fourth-order valence-electron chi connectivity index (χ4n) is 3.04. The van der Waals surface area contributed by atoms with E-state index in [1.807, 2.05) is 0 Å². The maximum atomic E-state index is 12.2. The second-order valence-electron chi connectivity index (χ2n) is 5.66. The van der Waals surface area contributed by atoms with Crippen LogP contribution in [0.15, 0.2) is 18.2 Å². The van der Waals surface area contributed by atoms with Crippen LogP contribution in [-0.4, -0.2) is 49.8 Å². The molecule has 0 spiro atoms. The Morgan fingerprint density at radius 3 is 2.81 bits per heavy atom. The van der Waals surface area contributed by atoms with E-state index in [1.165, 1.54) is 0 Å². The molecule has 1 amide bonds. The van der Waals surface area contributed by atoms with Gasteiger partial charge in [-0.05, 0) is 31.0 Å². The van der Waals surface area contributed by atoms with E-state index >= 15 is 0 Å². The van der Waals surface area contributed by atoms with Gasteiger partial charge in [-0.25, -0.2) is 0 Å². The molecule has 21 heavy (non-hydrogen) atoms. The van der Waals surface area contributed by atoms with Gasteiger partial charge in [0.25, 0.3) is 0 Å². The zero-order valence-electron chi connectivity index (χ0n) is 12.2. The molecule has 2 unspecified atom stereocenters. The molecular formula is C15H21N3O3. The smallest absolute Gasteiger partial charge is 0.238 e. The average molecular weight is 291 g/mol. The predicted molar refractivity (Wildman–Crippen MR) is 80.4 cm³/mol. The molecule has 2 bridgehead atoms. The number of methoxy groups -OCH3 is 1. The summed E-state index contributed by atoms with van der Waals surface area (Å²) in [5.41, 5.74) is 6.96. The van der Waals surface area contributed by atoms with Crippen molar-refractivity contribution in [3.05, 3.63) is 18.2 Å². The van der Waals surface area contributed by atoms with Crippen molar-refractivity contribution in [3.63, 3.8) is 0 Å². The summed E-state index contributed by atoms with van der Waals surface area (Å²) in [6.07, 6.45) is 2.79. The molecule has 1 aromatic carbocycles. The minimum Gasteiger partial charge on any atom is -0.495 e. The SMILES string of the molecule is COc1ccc(N)cc1NC(=O)CN1CC2CCC(C1)O2. The van der Waals surface area contributed by atoms with Gasteiger partial charge in [0, 0.05) is 18.8 Å². The Balaban J connectivity index is 1.60. The van der Waals surface area contributed by atoms with E-state index in [-0.39, 0.29) is 5.91 Å². The van der Waals surface area contributed by atoms with Gasteiger partial charge in [0.1, 0.15) is 5.75 Å². The summed E-state index contributed by atoms with van der Waals surface area (Å²) in [5, 5.41) is 2.87. The number of hydrogen-bond acceptors (Lipinski definition) is 5. The van der Waals surface area contributed by atoms with E-state index in [4.69, 9.17) is 15.2 Å². The van der Waals surface area contributed by atoms with Crippen molar-refractivity contribution in [1.82, 2.24) is 4.90 Å². The van der Waals surface area contributed by atoms with E-state index < -0.39 is 0 Å². The number of nitrogens with one attached hydrogen (secondary N) is 1. The Morgan fingerprint density at radius 2 is 2.14 bits per heavy atom. The molecule has 3 rings (SSSR count). The van der Waals surface area contributed by atoms with Gasteiger partial charge >= 0.3 is 0 Å². The first-order chi connectivity index (χ1) is 10.1. The zero-order valence-corrected chi connectivity index (χ0v) is 12.2. The maximum absolute atomic E-state index is 12.2. The summed E-state index contributed by atoms with van der Waals surface area (Å²) in [4.78, 5) is 14.4. The van der Waals surface area contributed by atoms with Crippen molar-refractivity contribution >= 4 is 17.3 Å². The molecule has 2 heterocycles. The molecule has 6 heteroatoms. The lowest BCUT2D eigenvalue weighted by Crippen LogP contribution is -2.45. The number of anilines is 2. The van der Waals surface area contributed by atoms with Crippen LogP contribution in [0.3, 0.4) is 0 Å². The number of carbonyl (C=O) groups excluding carboxylic acids is 1. The predicted octanol–water partition coefficient (Wildman–Crippen LogP) is 1.08. The van der Waals surface area contributed by atoms with Gasteiger partial charge in [-0.2, -0.15) is 0 Å². The number of carbonyl (C=O) groups is 1. The van der Waals surface area contributed by atoms with Crippen LogP contribution < -0.4 is 15.8 Å². The number of amides is 1. The molecule has 2 aliphatic rings. The Bertz CT molecular complexity index is 523. The highest BCUT2D eigenvalue weighted by atomic mass is 16.5. The second kappa shape index (κ2) is 5.91. The van der Waals surface area contributed by atoms with Crippen LogP contribution in [0.25, 0.3) is 0 Å². The highest BCUT2D eigenvalue weighted by molar-refractivity contribution is 5.94. The normalized spacial score (nSPS) is 24.8. The third-order valence-corrected chi connectivity index (χ3v) is 3.98. The van der Waals surface area contributed by atoms with E-state index in [1.54, 1.807) is 25.3 Å². The van der Waals surface area contributed by atoms with Gasteiger partial charge in [0.15, 0.2) is 0 Å². The van der Waals surface area contributed by atoms with E-state index in [0.717, 1.165) is 25.9 Å². The Kier molecular flexibility index (Phi) is 3.98. The largest absolute Gasteiger partial charge is 0.495 e. The van der Waals surface area contributed by atoms with Crippen LogP contribution >= 0.6 is 0 Å². The number of ether oxygens (including phenoxy) is 2. The average Bonchev–Trinajstić information content (AvgIpc) is 2.78. The minimum atomic E-state index is -0.0554. The van der Waals surface area contributed by atoms with Crippen LogP contribution in [0.5, 0.6) is 5.75 Å². The molecule has 2 aliphatic heterocycles. The van der Waals surface area contributed by atoms with Gasteiger partial charge < -0.3 is 20.5 Å². The minimum absolute atomic E-state index is 0.0554. The summed E-state index contributed by atoms with van der Waals surface area (Å²) in [6, 6.07) is 5.20. The number of nitrogens with two attached hydrogens (primary N) is 1. The third kappa shape index (κ3) is 3.28. The number of benzene rings is 1. The molecule has 0 aromatic heterocycles. The first kappa shape index (κ1) is 14.2. The van der Waals surface area contributed by atoms with Gasteiger partial charge in [-0.1, -0.05) is 0 Å². The van der Waals surface area contributed by atoms with Crippen molar-refractivity contribution in [2.24, 2.45) is 0 Å². The second-order valence-corrected chi connectivity index (χ2v) is 5.66. The Morgan fingerprint density at radius 1 is 1.43 bits per heavy atom. The number of likely N-dealkylation sites (tertiary alicyclic amines) is 1. The number of rotatable bonds is 4. The van der Waals surface area contributed by atoms with Crippen molar-refractivity contribution in [2.45, 2.75) is 25.0 Å². The highest BCUT2D eigenvalue weighted by Crippen LogP contribution is 2.28. The Hall–Kier alpha value is -1.79. The molecular weight excluding hydrogens is 270 g/mol. The van der Waals surface area contributed by atoms with E-state index in [2.05, 4.69) is 10.2 Å². The fraction of sp³-hybridized carbons (Fsp3) is 0.533. The number of morpholine rings is 1. The van der Waals surface area contributed by atoms with Crippen molar-refractivity contribution in [2.75, 3.05) is 37.8 Å². The highest BCUT2D eigenvalue weighted by Gasteiger charge is 2.34. The lowest BCUT2D eigenvalue weighted by atomic mass is 10.2. The van der Waals surface area contributed by atoms with Crippen LogP contribution in [0.4, 0.5) is 11.4 Å². The van der Waals surface area contributed by atoms with Crippen molar-refractivity contribution < 1.29 is 14.3 Å². The Labute approximate surface area is 124 Å². The lowest BCUT2D eigenvalue weighted by molar-refractivity contribution is -0.119. The molecule has 0 radical (unpaired) electrons. The van der Waals surface area contributed by atoms with Crippen LogP contribution in [-0.2, 0) is 9.53 Å². The molecule has 0 aliphatic carbocycles. The molecule has 114 valence electrons. The van der Waals surface area contributed by atoms with Crippen molar-refractivity contribution in [3.8, 4) is 5.75 Å². The fourth-order valence-corrected chi connectivity index (χ4v) is 3.04. The summed E-state index contributed by atoms with van der Waals surface area (Å²) in [5.74, 6) is 0.555. The molecule has 2 atom stereocenters. The monoisotopic (exact) mass is 291 g/mol. The first-order valence-electron chi connectivity index (χ1n) is 7.25. The summed E-state index contributed by atoms with van der Waals surface area (Å²) in [7, 11) is 1.57. The van der Waals surface area contributed by atoms with Gasteiger partial charge in [-0.3, -0.25) is 9.69 Å². The summed E-state index contributed by atoms with van der Waals surface area (Å²) < 4.78 is 11.0. The molecule has 2 fully saturated rings.